The van der Waals surface area contributed by atoms with Crippen molar-refractivity contribution >= 4 is 17.6 Å². The standard InChI is InChI=1S/C17H22ClN3O2/c1-2-19-17(20-10-9-15-4-3-11-23-15)21-12-16(22)13-5-7-14(18)8-6-13/h3-8,11,16,22H,2,9-10,12H2,1H3,(H2,19,20,21). The van der Waals surface area contributed by atoms with Crippen molar-refractivity contribution in [3.63, 3.8) is 0 Å². The summed E-state index contributed by atoms with van der Waals surface area (Å²) in [4.78, 5) is 4.41. The highest BCUT2D eigenvalue weighted by Crippen LogP contribution is 2.16. The molecule has 1 atom stereocenters. The van der Waals surface area contributed by atoms with Gasteiger partial charge in [0.2, 0.25) is 0 Å². The Labute approximate surface area is 141 Å². The van der Waals surface area contributed by atoms with Crippen LogP contribution < -0.4 is 10.6 Å². The third-order valence-electron chi connectivity index (χ3n) is 3.27. The average Bonchev–Trinajstić information content (AvgIpc) is 3.06. The number of aliphatic imine (C=N–C) groups is 1. The van der Waals surface area contributed by atoms with Gasteiger partial charge in [0, 0.05) is 24.5 Å². The van der Waals surface area contributed by atoms with Gasteiger partial charge in [0.25, 0.3) is 0 Å². The summed E-state index contributed by atoms with van der Waals surface area (Å²) < 4.78 is 5.29. The molecular weight excluding hydrogens is 314 g/mol. The van der Waals surface area contributed by atoms with Gasteiger partial charge in [0.15, 0.2) is 5.96 Å². The van der Waals surface area contributed by atoms with Gasteiger partial charge in [-0.2, -0.15) is 0 Å². The van der Waals surface area contributed by atoms with Crippen molar-refractivity contribution in [1.29, 1.82) is 0 Å². The van der Waals surface area contributed by atoms with Crippen molar-refractivity contribution in [2.24, 2.45) is 4.99 Å². The highest BCUT2D eigenvalue weighted by atomic mass is 35.5. The van der Waals surface area contributed by atoms with Gasteiger partial charge < -0.3 is 20.2 Å². The van der Waals surface area contributed by atoms with Gasteiger partial charge in [-0.25, -0.2) is 0 Å². The summed E-state index contributed by atoms with van der Waals surface area (Å²) in [7, 11) is 0. The predicted molar refractivity (Wildman–Crippen MR) is 92.8 cm³/mol. The van der Waals surface area contributed by atoms with Crippen LogP contribution in [0.3, 0.4) is 0 Å². The molecule has 0 aliphatic heterocycles. The molecule has 0 fully saturated rings. The molecule has 0 spiro atoms. The van der Waals surface area contributed by atoms with E-state index in [-0.39, 0.29) is 6.54 Å². The van der Waals surface area contributed by atoms with Crippen LogP contribution in [0, 0.1) is 0 Å². The number of nitrogens with zero attached hydrogens (tertiary/aromatic N) is 1. The number of aliphatic hydroxyl groups excluding tert-OH is 1. The first-order chi connectivity index (χ1) is 11.2. The van der Waals surface area contributed by atoms with E-state index in [0.717, 1.165) is 24.3 Å². The lowest BCUT2D eigenvalue weighted by Crippen LogP contribution is -2.38. The van der Waals surface area contributed by atoms with Crippen LogP contribution in [-0.2, 0) is 6.42 Å². The van der Waals surface area contributed by atoms with Crippen molar-refractivity contribution < 1.29 is 9.52 Å². The van der Waals surface area contributed by atoms with Crippen molar-refractivity contribution in [1.82, 2.24) is 10.6 Å². The molecule has 1 aromatic heterocycles. The monoisotopic (exact) mass is 335 g/mol. The maximum atomic E-state index is 10.2. The molecule has 0 radical (unpaired) electrons. The highest BCUT2D eigenvalue weighted by Gasteiger charge is 2.07. The summed E-state index contributed by atoms with van der Waals surface area (Å²) in [5.41, 5.74) is 0.796. The minimum absolute atomic E-state index is 0.276. The average molecular weight is 336 g/mol. The Morgan fingerprint density at radius 3 is 2.70 bits per heavy atom. The van der Waals surface area contributed by atoms with E-state index < -0.39 is 6.10 Å². The molecule has 2 aromatic rings. The molecular formula is C17H22ClN3O2. The molecule has 1 aromatic carbocycles. The van der Waals surface area contributed by atoms with Crippen LogP contribution in [0.15, 0.2) is 52.1 Å². The largest absolute Gasteiger partial charge is 0.469 e. The molecule has 1 heterocycles. The zero-order chi connectivity index (χ0) is 16.5. The molecule has 23 heavy (non-hydrogen) atoms. The Hall–Kier alpha value is -1.98. The number of furan rings is 1. The SMILES string of the molecule is CCNC(=NCC(O)c1ccc(Cl)cc1)NCCc1ccco1. The van der Waals surface area contributed by atoms with Gasteiger partial charge in [-0.1, -0.05) is 23.7 Å². The Morgan fingerprint density at radius 2 is 2.04 bits per heavy atom. The topological polar surface area (TPSA) is 69.8 Å². The molecule has 2 rings (SSSR count). The van der Waals surface area contributed by atoms with Gasteiger partial charge in [-0.05, 0) is 36.8 Å². The van der Waals surface area contributed by atoms with Crippen LogP contribution in [0.5, 0.6) is 0 Å². The summed E-state index contributed by atoms with van der Waals surface area (Å²) >= 11 is 5.85. The third kappa shape index (κ3) is 5.96. The number of rotatable bonds is 7. The van der Waals surface area contributed by atoms with E-state index in [2.05, 4.69) is 15.6 Å². The van der Waals surface area contributed by atoms with Crippen molar-refractivity contribution in [3.05, 3.63) is 59.0 Å². The van der Waals surface area contributed by atoms with E-state index in [0.29, 0.717) is 17.5 Å². The zero-order valence-electron chi connectivity index (χ0n) is 13.1. The lowest BCUT2D eigenvalue weighted by Gasteiger charge is -2.13. The van der Waals surface area contributed by atoms with E-state index >= 15 is 0 Å². The summed E-state index contributed by atoms with van der Waals surface area (Å²) in [6.07, 6.45) is 1.78. The van der Waals surface area contributed by atoms with Gasteiger partial charge in [-0.3, -0.25) is 4.99 Å². The molecule has 0 aliphatic carbocycles. The molecule has 5 nitrogen and oxygen atoms in total. The summed E-state index contributed by atoms with van der Waals surface area (Å²) in [6, 6.07) is 10.9. The second kappa shape index (κ2) is 9.22. The van der Waals surface area contributed by atoms with E-state index in [1.165, 1.54) is 0 Å². The number of halogens is 1. The van der Waals surface area contributed by atoms with Gasteiger partial charge in [-0.15, -0.1) is 0 Å². The minimum Gasteiger partial charge on any atom is -0.469 e. The van der Waals surface area contributed by atoms with Crippen LogP contribution in [0.2, 0.25) is 5.02 Å². The molecule has 0 amide bonds. The fourth-order valence-electron chi connectivity index (χ4n) is 2.07. The zero-order valence-corrected chi connectivity index (χ0v) is 13.9. The molecule has 0 bridgehead atoms. The molecule has 6 heteroatoms. The maximum absolute atomic E-state index is 10.2. The second-order valence-electron chi connectivity index (χ2n) is 5.04. The van der Waals surface area contributed by atoms with Crippen LogP contribution >= 0.6 is 11.6 Å². The lowest BCUT2D eigenvalue weighted by atomic mass is 10.1. The fourth-order valence-corrected chi connectivity index (χ4v) is 2.19. The fraction of sp³-hybridized carbons (Fsp3) is 0.353. The summed E-state index contributed by atoms with van der Waals surface area (Å²) in [5, 5.41) is 17.2. The molecule has 0 aliphatic rings. The summed E-state index contributed by atoms with van der Waals surface area (Å²) in [5.74, 6) is 1.60. The minimum atomic E-state index is -0.659. The van der Waals surface area contributed by atoms with E-state index in [1.54, 1.807) is 30.5 Å². The van der Waals surface area contributed by atoms with Crippen LogP contribution in [0.4, 0.5) is 0 Å². The van der Waals surface area contributed by atoms with Crippen LogP contribution in [-0.4, -0.2) is 30.7 Å². The second-order valence-corrected chi connectivity index (χ2v) is 5.48. The lowest BCUT2D eigenvalue weighted by molar-refractivity contribution is 0.187. The Balaban J connectivity index is 1.85. The highest BCUT2D eigenvalue weighted by molar-refractivity contribution is 6.30. The van der Waals surface area contributed by atoms with Crippen LogP contribution in [0.1, 0.15) is 24.4 Å². The van der Waals surface area contributed by atoms with E-state index in [9.17, 15) is 5.11 Å². The predicted octanol–water partition coefficient (Wildman–Crippen LogP) is 2.76. The smallest absolute Gasteiger partial charge is 0.191 e. The van der Waals surface area contributed by atoms with Gasteiger partial charge >= 0.3 is 0 Å². The number of aliphatic hydroxyl groups is 1. The Kier molecular flexibility index (Phi) is 6.97. The first kappa shape index (κ1) is 17.4. The number of guanidine groups is 1. The molecule has 1 unspecified atom stereocenters. The van der Waals surface area contributed by atoms with Crippen molar-refractivity contribution in [3.8, 4) is 0 Å². The number of hydrogen-bond donors (Lipinski definition) is 3. The molecule has 3 N–H and O–H groups in total. The van der Waals surface area contributed by atoms with E-state index in [1.807, 2.05) is 19.1 Å². The van der Waals surface area contributed by atoms with Crippen molar-refractivity contribution in [2.45, 2.75) is 19.4 Å². The summed E-state index contributed by atoms with van der Waals surface area (Å²) in [6.45, 7) is 3.73. The molecule has 0 saturated heterocycles. The third-order valence-corrected chi connectivity index (χ3v) is 3.52. The van der Waals surface area contributed by atoms with E-state index in [4.69, 9.17) is 16.0 Å². The van der Waals surface area contributed by atoms with Crippen molar-refractivity contribution in [2.75, 3.05) is 19.6 Å². The quantitative estimate of drug-likeness (QED) is 0.537. The first-order valence-electron chi connectivity index (χ1n) is 7.67. The number of hydrogen-bond acceptors (Lipinski definition) is 3. The maximum Gasteiger partial charge on any atom is 0.191 e. The number of benzene rings is 1. The number of nitrogens with one attached hydrogen (secondary N) is 2. The normalized spacial score (nSPS) is 12.9. The Morgan fingerprint density at radius 1 is 1.26 bits per heavy atom. The van der Waals surface area contributed by atoms with Crippen LogP contribution in [0.25, 0.3) is 0 Å². The van der Waals surface area contributed by atoms with Gasteiger partial charge in [0.05, 0.1) is 18.9 Å². The molecule has 124 valence electrons. The Bertz CT molecular complexity index is 597. The first-order valence-corrected chi connectivity index (χ1v) is 8.05. The van der Waals surface area contributed by atoms with Gasteiger partial charge in [0.1, 0.15) is 5.76 Å². The molecule has 0 saturated carbocycles.